The highest BCUT2D eigenvalue weighted by Gasteiger charge is 2.24. The predicted molar refractivity (Wildman–Crippen MR) is 199 cm³/mol. The van der Waals surface area contributed by atoms with Crippen molar-refractivity contribution < 1.29 is 29.6 Å². The van der Waals surface area contributed by atoms with Crippen molar-refractivity contribution >= 4 is 34.9 Å². The van der Waals surface area contributed by atoms with Crippen LogP contribution < -0.4 is 19.7 Å². The van der Waals surface area contributed by atoms with Gasteiger partial charge in [0.05, 0.1) is 22.8 Å². The normalized spacial score (nSPS) is 15.5. The standard InChI is InChI=1S/C39H44Cl2N4O6/c40-33-19-28(22-43-34(23-46)39(48)49)36(50-24-26-5-3-13-42-21-26)20-37(33)51-25-27-6-1-8-32(38(27)41)30-7-2-9-35-31(30)12-18-45(35)15-4-14-44-16-10-29(47)11-17-44/h1-3,5-9,13,19-21,29,34,43,46-47H,4,10-12,14-18,22-25H2,(H,48,49)/t34-/m0/s1. The smallest absolute Gasteiger partial charge is 0.323 e. The molecule has 1 saturated heterocycles. The van der Waals surface area contributed by atoms with Gasteiger partial charge in [-0.05, 0) is 61.6 Å². The summed E-state index contributed by atoms with van der Waals surface area (Å²) >= 11 is 13.8. The van der Waals surface area contributed by atoms with Crippen LogP contribution in [0.1, 0.15) is 41.5 Å². The van der Waals surface area contributed by atoms with E-state index in [1.807, 2.05) is 30.3 Å². The second-order valence-electron chi connectivity index (χ2n) is 13.0. The van der Waals surface area contributed by atoms with E-state index in [-0.39, 0.29) is 25.9 Å². The highest BCUT2D eigenvalue weighted by atomic mass is 35.5. The summed E-state index contributed by atoms with van der Waals surface area (Å²) in [5, 5.41) is 32.4. The molecule has 3 aromatic carbocycles. The summed E-state index contributed by atoms with van der Waals surface area (Å²) in [6, 6.07) is 18.3. The molecule has 0 radical (unpaired) electrons. The molecule has 3 heterocycles. The number of aliphatic hydroxyl groups is 2. The third-order valence-electron chi connectivity index (χ3n) is 9.59. The number of nitrogens with zero attached hydrogens (tertiary/aromatic N) is 3. The van der Waals surface area contributed by atoms with E-state index in [9.17, 15) is 20.1 Å². The van der Waals surface area contributed by atoms with Gasteiger partial charge < -0.3 is 34.6 Å². The van der Waals surface area contributed by atoms with Crippen molar-refractivity contribution in [3.05, 3.63) is 105 Å². The minimum atomic E-state index is -1.16. The van der Waals surface area contributed by atoms with Gasteiger partial charge in [-0.2, -0.15) is 0 Å². The van der Waals surface area contributed by atoms with E-state index in [4.69, 9.17) is 32.7 Å². The van der Waals surface area contributed by atoms with Gasteiger partial charge in [0.1, 0.15) is 30.8 Å². The number of aliphatic hydroxyl groups excluding tert-OH is 2. The number of carboxylic acid groups (broad SMARTS) is 1. The number of carbonyl (C=O) groups is 1. The third kappa shape index (κ3) is 9.32. The molecule has 1 fully saturated rings. The number of aromatic nitrogens is 1. The number of anilines is 1. The summed E-state index contributed by atoms with van der Waals surface area (Å²) in [5.74, 6) is -0.326. The van der Waals surface area contributed by atoms with Crippen LogP contribution in [0.5, 0.6) is 11.5 Å². The number of hydrogen-bond donors (Lipinski definition) is 4. The van der Waals surface area contributed by atoms with Crippen molar-refractivity contribution in [1.29, 1.82) is 0 Å². The minimum absolute atomic E-state index is 0.0933. The second kappa shape index (κ2) is 17.5. The first kappa shape index (κ1) is 36.9. The first-order valence-corrected chi connectivity index (χ1v) is 18.1. The molecular formula is C39H44Cl2N4O6. The van der Waals surface area contributed by atoms with Crippen LogP contribution in [0.25, 0.3) is 11.1 Å². The fraction of sp³-hybridized carbons (Fsp3) is 0.385. The molecule has 0 bridgehead atoms. The van der Waals surface area contributed by atoms with E-state index in [0.717, 1.165) is 80.7 Å². The molecule has 0 unspecified atom stereocenters. The number of piperidine rings is 1. The molecule has 2 aliphatic heterocycles. The van der Waals surface area contributed by atoms with Crippen molar-refractivity contribution in [2.45, 2.75) is 57.6 Å². The van der Waals surface area contributed by atoms with E-state index < -0.39 is 18.6 Å². The van der Waals surface area contributed by atoms with Gasteiger partial charge in [-0.25, -0.2) is 0 Å². The molecule has 12 heteroatoms. The zero-order valence-corrected chi connectivity index (χ0v) is 30.0. The number of fused-ring (bicyclic) bond motifs is 1. The van der Waals surface area contributed by atoms with Gasteiger partial charge in [-0.15, -0.1) is 0 Å². The molecule has 6 rings (SSSR count). The van der Waals surface area contributed by atoms with Crippen molar-refractivity contribution in [2.24, 2.45) is 0 Å². The molecule has 0 saturated carbocycles. The maximum absolute atomic E-state index is 11.5. The lowest BCUT2D eigenvalue weighted by molar-refractivity contribution is -0.140. The highest BCUT2D eigenvalue weighted by Crippen LogP contribution is 2.41. The molecule has 4 aromatic rings. The number of ether oxygens (including phenoxy) is 2. The summed E-state index contributed by atoms with van der Waals surface area (Å²) in [7, 11) is 0. The summed E-state index contributed by atoms with van der Waals surface area (Å²) in [6.45, 7) is 4.85. The Hall–Kier alpha value is -3.90. The zero-order chi connectivity index (χ0) is 35.7. The lowest BCUT2D eigenvalue weighted by atomic mass is 9.96. The van der Waals surface area contributed by atoms with Gasteiger partial charge in [0.15, 0.2) is 0 Å². The van der Waals surface area contributed by atoms with Crippen LogP contribution in [0.4, 0.5) is 5.69 Å². The molecule has 1 aromatic heterocycles. The average molecular weight is 736 g/mol. The third-order valence-corrected chi connectivity index (χ3v) is 10.3. The summed E-state index contributed by atoms with van der Waals surface area (Å²) in [5.41, 5.74) is 6.89. The van der Waals surface area contributed by atoms with Crippen molar-refractivity contribution in [2.75, 3.05) is 44.2 Å². The maximum atomic E-state index is 11.5. The number of aliphatic carboxylic acids is 1. The van der Waals surface area contributed by atoms with Gasteiger partial charge in [0, 0.05) is 79.1 Å². The Labute approximate surface area is 308 Å². The quantitative estimate of drug-likeness (QED) is 0.110. The fourth-order valence-electron chi connectivity index (χ4n) is 6.74. The van der Waals surface area contributed by atoms with E-state index in [2.05, 4.69) is 38.3 Å². The molecule has 270 valence electrons. The molecule has 0 spiro atoms. The number of pyridine rings is 1. The first-order valence-electron chi connectivity index (χ1n) is 17.4. The first-order chi connectivity index (χ1) is 24.8. The van der Waals surface area contributed by atoms with Crippen LogP contribution in [-0.4, -0.2) is 82.6 Å². The predicted octanol–water partition coefficient (Wildman–Crippen LogP) is 5.96. The highest BCUT2D eigenvalue weighted by molar-refractivity contribution is 6.34. The fourth-order valence-corrected chi connectivity index (χ4v) is 7.26. The van der Waals surface area contributed by atoms with Crippen molar-refractivity contribution in [3.63, 3.8) is 0 Å². The SMILES string of the molecule is O=C(O)[C@H](CO)NCc1cc(Cl)c(OCc2cccc(-c3cccc4c3CCN4CCCN3CCC(O)CC3)c2Cl)cc1OCc1cccnc1. The number of benzene rings is 3. The van der Waals surface area contributed by atoms with Crippen LogP contribution in [0.2, 0.25) is 10.0 Å². The monoisotopic (exact) mass is 734 g/mol. The second-order valence-corrected chi connectivity index (χ2v) is 13.8. The van der Waals surface area contributed by atoms with Crippen LogP contribution in [0.3, 0.4) is 0 Å². The summed E-state index contributed by atoms with van der Waals surface area (Å²) < 4.78 is 12.4. The Bertz CT molecular complexity index is 1790. The largest absolute Gasteiger partial charge is 0.488 e. The number of nitrogens with one attached hydrogen (secondary N) is 1. The van der Waals surface area contributed by atoms with Crippen molar-refractivity contribution in [1.82, 2.24) is 15.2 Å². The molecule has 4 N–H and O–H groups in total. The van der Waals surface area contributed by atoms with E-state index >= 15 is 0 Å². The lowest BCUT2D eigenvalue weighted by Crippen LogP contribution is -2.39. The molecule has 51 heavy (non-hydrogen) atoms. The van der Waals surface area contributed by atoms with E-state index in [1.165, 1.54) is 11.3 Å². The van der Waals surface area contributed by atoms with E-state index in [0.29, 0.717) is 27.1 Å². The van der Waals surface area contributed by atoms with Crippen LogP contribution in [0.15, 0.2) is 73.1 Å². The maximum Gasteiger partial charge on any atom is 0.323 e. The molecule has 10 nitrogen and oxygen atoms in total. The Morgan fingerprint density at radius 3 is 2.49 bits per heavy atom. The van der Waals surface area contributed by atoms with Crippen LogP contribution in [-0.2, 0) is 31.0 Å². The van der Waals surface area contributed by atoms with Gasteiger partial charge in [-0.3, -0.25) is 15.1 Å². The van der Waals surface area contributed by atoms with Crippen molar-refractivity contribution in [3.8, 4) is 22.6 Å². The summed E-state index contributed by atoms with van der Waals surface area (Å²) in [6.07, 6.45) is 6.99. The molecular weight excluding hydrogens is 691 g/mol. The molecule has 0 amide bonds. The van der Waals surface area contributed by atoms with Gasteiger partial charge >= 0.3 is 5.97 Å². The Morgan fingerprint density at radius 1 is 0.941 bits per heavy atom. The molecule has 2 aliphatic rings. The number of halogens is 2. The number of carboxylic acids is 1. The Morgan fingerprint density at radius 2 is 1.73 bits per heavy atom. The van der Waals surface area contributed by atoms with Crippen LogP contribution >= 0.6 is 23.2 Å². The van der Waals surface area contributed by atoms with Gasteiger partial charge in [0.25, 0.3) is 0 Å². The topological polar surface area (TPSA) is 128 Å². The Kier molecular flexibility index (Phi) is 12.7. The average Bonchev–Trinajstić information content (AvgIpc) is 3.56. The lowest BCUT2D eigenvalue weighted by Gasteiger charge is -2.30. The minimum Gasteiger partial charge on any atom is -0.488 e. The molecule has 1 atom stereocenters. The number of likely N-dealkylation sites (tertiary alicyclic amines) is 1. The zero-order valence-electron chi connectivity index (χ0n) is 28.4. The van der Waals surface area contributed by atoms with Crippen LogP contribution in [0, 0.1) is 0 Å². The van der Waals surface area contributed by atoms with Gasteiger partial charge in [-0.1, -0.05) is 59.6 Å². The number of hydrogen-bond acceptors (Lipinski definition) is 9. The Balaban J connectivity index is 1.16. The number of rotatable bonds is 16. The molecule has 0 aliphatic carbocycles. The summed E-state index contributed by atoms with van der Waals surface area (Å²) in [4.78, 5) is 20.5. The van der Waals surface area contributed by atoms with Gasteiger partial charge in [0.2, 0.25) is 0 Å². The van der Waals surface area contributed by atoms with E-state index in [1.54, 1.807) is 24.5 Å².